The van der Waals surface area contributed by atoms with Gasteiger partial charge in [-0.15, -0.1) is 0 Å². The van der Waals surface area contributed by atoms with E-state index < -0.39 is 19.4 Å². The topological polar surface area (TPSA) is 29.1 Å². The molecule has 0 aromatic rings. The van der Waals surface area contributed by atoms with E-state index in [4.69, 9.17) is 0 Å². The minimum absolute atomic E-state index is 0. The van der Waals surface area contributed by atoms with E-state index in [0.29, 0.717) is 11.8 Å². The molecule has 0 aromatic carbocycles. The molecule has 0 saturated heterocycles. The van der Waals surface area contributed by atoms with Crippen molar-refractivity contribution in [2.45, 2.75) is 66.2 Å². The van der Waals surface area contributed by atoms with Gasteiger partial charge in [0.05, 0.1) is 0 Å². The number of hydrogen-bond acceptors (Lipinski definition) is 1. The summed E-state index contributed by atoms with van der Waals surface area (Å²) < 4.78 is 5.04. The Morgan fingerprint density at radius 2 is 1.44 bits per heavy atom. The molecule has 1 N–H and O–H groups in total. The first-order chi connectivity index (χ1) is 10.9. The molecule has 2 nitrogen and oxygen atoms in total. The van der Waals surface area contributed by atoms with Gasteiger partial charge in [0, 0.05) is 0 Å². The van der Waals surface area contributed by atoms with E-state index in [1.807, 2.05) is 0 Å². The minimum Gasteiger partial charge on any atom is -1.00 e. The molecule has 0 heterocycles. The van der Waals surface area contributed by atoms with Crippen LogP contribution in [0.15, 0.2) is 20.6 Å². The van der Waals surface area contributed by atoms with Crippen molar-refractivity contribution >= 4 is 5.91 Å². The predicted octanol–water partition coefficient (Wildman–Crippen LogP) is -1.42. The second-order valence-electron chi connectivity index (χ2n) is 8.85. The fraction of sp³-hybridized carbons (Fsp3) is 0.750. The molecule has 25 heavy (non-hydrogen) atoms. The molecular formula is C20H29Cl2NOTi. The quantitative estimate of drug-likeness (QED) is 0.561. The number of hydrogen-bond donors (Lipinski definition) is 1. The van der Waals surface area contributed by atoms with E-state index in [1.165, 1.54) is 55.2 Å². The molecule has 1 amide bonds. The Balaban J connectivity index is 0.00000113. The van der Waals surface area contributed by atoms with Gasteiger partial charge in [-0.25, -0.2) is 0 Å². The molecule has 0 aliphatic heterocycles. The van der Waals surface area contributed by atoms with Crippen LogP contribution < -0.4 is 28.6 Å². The maximum absolute atomic E-state index is 13.1. The molecule has 4 fully saturated rings. The molecule has 5 rings (SSSR count). The first-order valence-corrected chi connectivity index (χ1v) is 10.9. The van der Waals surface area contributed by atoms with Crippen LogP contribution in [0.1, 0.15) is 66.2 Å². The molecule has 0 aromatic heterocycles. The van der Waals surface area contributed by atoms with Gasteiger partial charge in [0.2, 0.25) is 0 Å². The van der Waals surface area contributed by atoms with Crippen molar-refractivity contribution in [3.8, 4) is 0 Å². The van der Waals surface area contributed by atoms with Gasteiger partial charge >= 0.3 is 150 Å². The van der Waals surface area contributed by atoms with Gasteiger partial charge in [-0.05, 0) is 0 Å². The standard InChI is InChI=1S/C11H17NO.C9H13.2ClH.Ti/c12-10(13)11-4-7-1-8(5-11)3-9(2-7)6-11;1-6-5-7(2)9(4)8(6)3;;;/h7-9H,1-6H2,(H2,12,13);6H,1-4H3;2*1H;/q;;;;+3/p-3. The molecule has 0 spiro atoms. The summed E-state index contributed by atoms with van der Waals surface area (Å²) in [5.74, 6) is 3.52. The van der Waals surface area contributed by atoms with Crippen LogP contribution in [0.5, 0.6) is 0 Å². The first kappa shape index (κ1) is 21.5. The van der Waals surface area contributed by atoms with E-state index in [9.17, 15) is 4.79 Å². The number of amides is 1. The van der Waals surface area contributed by atoms with Crippen LogP contribution in [0.3, 0.4) is 0 Å². The third-order valence-corrected chi connectivity index (χ3v) is 9.70. The van der Waals surface area contributed by atoms with Gasteiger partial charge in [-0.1, -0.05) is 0 Å². The number of allylic oxidation sites excluding steroid dienone is 4. The maximum atomic E-state index is 13.1. The normalized spacial score (nSPS) is 38.2. The SMILES string of the molecule is CC1=C(C)C(C)[C]([Ti+2][NH]C(=O)C23CC4CC(CC(C4)C2)C3)=C1C.[Cl-].[Cl-]. The van der Waals surface area contributed by atoms with Crippen molar-refractivity contribution < 1.29 is 49.0 Å². The summed E-state index contributed by atoms with van der Waals surface area (Å²) in [4.78, 5) is 13.1. The number of carbonyl (C=O) groups is 1. The summed E-state index contributed by atoms with van der Waals surface area (Å²) >= 11 is -0.524. The van der Waals surface area contributed by atoms with Crippen molar-refractivity contribution in [3.63, 3.8) is 0 Å². The summed E-state index contributed by atoms with van der Waals surface area (Å²) in [6, 6.07) is 0. The zero-order valence-corrected chi connectivity index (χ0v) is 18.8. The largest absolute Gasteiger partial charge is 1.00 e. The number of nitrogens with one attached hydrogen (secondary N) is 1. The Kier molecular flexibility index (Phi) is 6.64. The van der Waals surface area contributed by atoms with Crippen LogP contribution in [0, 0.1) is 29.1 Å². The van der Waals surface area contributed by atoms with E-state index in [-0.39, 0.29) is 30.2 Å². The minimum atomic E-state index is -0.524. The van der Waals surface area contributed by atoms with Crippen LogP contribution in [-0.2, 0) is 24.2 Å². The Bertz CT molecular complexity index is 590. The van der Waals surface area contributed by atoms with Crippen LogP contribution in [0.2, 0.25) is 0 Å². The molecule has 5 heteroatoms. The fourth-order valence-corrected chi connectivity index (χ4v) is 8.27. The maximum Gasteiger partial charge on any atom is -1.00 e. The average Bonchev–Trinajstić information content (AvgIpc) is 2.68. The van der Waals surface area contributed by atoms with Gasteiger partial charge in [-0.3, -0.25) is 0 Å². The third-order valence-electron chi connectivity index (χ3n) is 7.47. The average molecular weight is 418 g/mol. The van der Waals surface area contributed by atoms with Crippen molar-refractivity contribution in [3.05, 3.63) is 20.6 Å². The monoisotopic (exact) mass is 417 g/mol. The molecule has 5 aliphatic rings. The zero-order valence-electron chi connectivity index (χ0n) is 15.7. The zero-order chi connectivity index (χ0) is 16.4. The number of carbonyl (C=O) groups excluding carboxylic acids is 1. The van der Waals surface area contributed by atoms with Crippen molar-refractivity contribution in [1.29, 1.82) is 0 Å². The summed E-state index contributed by atoms with van der Waals surface area (Å²) in [6.45, 7) is 9.05. The van der Waals surface area contributed by atoms with E-state index in [1.54, 1.807) is 3.88 Å². The molecule has 0 radical (unpaired) electrons. The van der Waals surface area contributed by atoms with Gasteiger partial charge < -0.3 is 24.8 Å². The molecule has 1 unspecified atom stereocenters. The first-order valence-electron chi connectivity index (χ1n) is 9.34. The van der Waals surface area contributed by atoms with Crippen molar-refractivity contribution in [2.24, 2.45) is 29.1 Å². The van der Waals surface area contributed by atoms with E-state index in [2.05, 4.69) is 31.5 Å². The Morgan fingerprint density at radius 1 is 0.960 bits per heavy atom. The van der Waals surface area contributed by atoms with Crippen LogP contribution in [0.25, 0.3) is 0 Å². The summed E-state index contributed by atoms with van der Waals surface area (Å²) in [5.41, 5.74) is 4.44. The number of rotatable bonds is 3. The Hall–Kier alpha value is 0.244. The molecule has 5 aliphatic carbocycles. The second kappa shape index (κ2) is 7.70. The number of halogens is 2. The summed E-state index contributed by atoms with van der Waals surface area (Å²) in [5, 5.41) is 0. The van der Waals surface area contributed by atoms with Crippen molar-refractivity contribution in [1.82, 2.24) is 3.80 Å². The Labute approximate surface area is 174 Å². The third kappa shape index (κ3) is 3.54. The van der Waals surface area contributed by atoms with Crippen molar-refractivity contribution in [2.75, 3.05) is 0 Å². The summed E-state index contributed by atoms with van der Waals surface area (Å²) in [7, 11) is 0. The van der Waals surface area contributed by atoms with Gasteiger partial charge in [-0.2, -0.15) is 0 Å². The van der Waals surface area contributed by atoms with Crippen LogP contribution in [0.4, 0.5) is 0 Å². The molecule has 4 saturated carbocycles. The van der Waals surface area contributed by atoms with E-state index >= 15 is 0 Å². The van der Waals surface area contributed by atoms with Crippen LogP contribution in [-0.4, -0.2) is 5.91 Å². The van der Waals surface area contributed by atoms with Gasteiger partial charge in [0.25, 0.3) is 0 Å². The van der Waals surface area contributed by atoms with Crippen LogP contribution >= 0.6 is 0 Å². The second-order valence-corrected chi connectivity index (χ2v) is 10.5. The summed E-state index contributed by atoms with van der Waals surface area (Å²) in [6.07, 6.45) is 7.77. The predicted molar refractivity (Wildman–Crippen MR) is 89.0 cm³/mol. The fourth-order valence-electron chi connectivity index (χ4n) is 6.21. The van der Waals surface area contributed by atoms with Gasteiger partial charge in [0.15, 0.2) is 0 Å². The molecule has 1 atom stereocenters. The molecule has 4 bridgehead atoms. The smallest absolute Gasteiger partial charge is 1.00 e. The molecular weight excluding hydrogens is 389 g/mol. The Morgan fingerprint density at radius 3 is 1.84 bits per heavy atom. The van der Waals surface area contributed by atoms with Gasteiger partial charge in [0.1, 0.15) is 0 Å². The molecule has 138 valence electrons. The van der Waals surface area contributed by atoms with E-state index in [0.717, 1.165) is 17.8 Å².